The molecule has 2 N–H and O–H groups in total. The van der Waals surface area contributed by atoms with E-state index in [0.29, 0.717) is 13.0 Å². The minimum Gasteiger partial charge on any atom is -0.493 e. The smallest absolute Gasteiger partial charge is 0.310 e. The summed E-state index contributed by atoms with van der Waals surface area (Å²) in [5.74, 6) is -0.764. The number of hydrogen-bond donors (Lipinski definition) is 2. The Morgan fingerprint density at radius 2 is 2.00 bits per heavy atom. The summed E-state index contributed by atoms with van der Waals surface area (Å²) in [5.41, 5.74) is 0. The van der Waals surface area contributed by atoms with Crippen LogP contribution in [0.5, 0.6) is 5.75 Å². The van der Waals surface area contributed by atoms with E-state index < -0.39 is 11.9 Å². The van der Waals surface area contributed by atoms with Crippen molar-refractivity contribution in [1.29, 1.82) is 0 Å². The number of carboxylic acids is 1. The van der Waals surface area contributed by atoms with Gasteiger partial charge < -0.3 is 15.2 Å². The van der Waals surface area contributed by atoms with Crippen molar-refractivity contribution >= 4 is 11.9 Å². The Morgan fingerprint density at radius 3 is 2.65 bits per heavy atom. The first-order valence-corrected chi connectivity index (χ1v) is 6.53. The van der Waals surface area contributed by atoms with Crippen LogP contribution in [-0.2, 0) is 9.59 Å². The quantitative estimate of drug-likeness (QED) is 0.773. The molecule has 106 valence electrons. The molecule has 0 fully saturated rings. The molecule has 1 aliphatic carbocycles. The number of aliphatic carboxylic acids is 1. The third-order valence-corrected chi connectivity index (χ3v) is 3.09. The number of carbonyl (C=O) groups is 2. The Kier molecular flexibility index (Phi) is 4.76. The first-order valence-electron chi connectivity index (χ1n) is 6.53. The van der Waals surface area contributed by atoms with Crippen LogP contribution in [0.15, 0.2) is 42.5 Å². The summed E-state index contributed by atoms with van der Waals surface area (Å²) in [4.78, 5) is 22.5. The zero-order valence-corrected chi connectivity index (χ0v) is 11.0. The number of para-hydroxylation sites is 1. The van der Waals surface area contributed by atoms with Crippen LogP contribution in [0.25, 0.3) is 0 Å². The van der Waals surface area contributed by atoms with E-state index in [1.54, 1.807) is 12.2 Å². The molecule has 0 aliphatic heterocycles. The van der Waals surface area contributed by atoms with Crippen molar-refractivity contribution in [1.82, 2.24) is 5.32 Å². The second kappa shape index (κ2) is 6.75. The van der Waals surface area contributed by atoms with Crippen molar-refractivity contribution in [2.24, 2.45) is 5.92 Å². The Morgan fingerprint density at radius 1 is 1.25 bits per heavy atom. The lowest BCUT2D eigenvalue weighted by Gasteiger charge is -2.12. The number of ether oxygens (including phenoxy) is 1. The minimum absolute atomic E-state index is 0.137. The highest BCUT2D eigenvalue weighted by Gasteiger charge is 2.25. The summed E-state index contributed by atoms with van der Waals surface area (Å²) < 4.78 is 5.43. The Bertz CT molecular complexity index is 498. The van der Waals surface area contributed by atoms with Crippen LogP contribution in [0, 0.1) is 5.92 Å². The van der Waals surface area contributed by atoms with Gasteiger partial charge in [-0.1, -0.05) is 30.4 Å². The number of hydrogen-bond acceptors (Lipinski definition) is 3. The van der Waals surface area contributed by atoms with E-state index in [1.807, 2.05) is 30.3 Å². The van der Waals surface area contributed by atoms with Crippen LogP contribution in [-0.4, -0.2) is 29.6 Å². The summed E-state index contributed by atoms with van der Waals surface area (Å²) >= 11 is 0. The van der Waals surface area contributed by atoms with Crippen LogP contribution in [0.3, 0.4) is 0 Å². The number of benzene rings is 1. The lowest BCUT2D eigenvalue weighted by Crippen LogP contribution is -2.34. The molecule has 20 heavy (non-hydrogen) atoms. The minimum atomic E-state index is -0.856. The van der Waals surface area contributed by atoms with E-state index in [1.165, 1.54) is 0 Å². The van der Waals surface area contributed by atoms with E-state index in [-0.39, 0.29) is 18.4 Å². The molecule has 0 spiro atoms. The van der Waals surface area contributed by atoms with E-state index in [4.69, 9.17) is 9.84 Å². The fourth-order valence-electron chi connectivity index (χ4n) is 2.05. The fraction of sp³-hybridized carbons (Fsp3) is 0.333. The molecule has 1 aliphatic rings. The predicted molar refractivity (Wildman–Crippen MR) is 73.4 cm³/mol. The van der Waals surface area contributed by atoms with Crippen molar-refractivity contribution in [3.8, 4) is 5.75 Å². The molecule has 1 amide bonds. The molecular weight excluding hydrogens is 258 g/mol. The maximum absolute atomic E-state index is 11.7. The highest BCUT2D eigenvalue weighted by molar-refractivity contribution is 5.77. The summed E-state index contributed by atoms with van der Waals surface area (Å²) in [6.07, 6.45) is 4.01. The summed E-state index contributed by atoms with van der Waals surface area (Å²) in [5, 5.41) is 11.6. The lowest BCUT2D eigenvalue weighted by molar-refractivity contribution is -0.140. The van der Waals surface area contributed by atoms with Crippen molar-refractivity contribution in [2.75, 3.05) is 6.61 Å². The van der Waals surface area contributed by atoms with Crippen LogP contribution in [0.4, 0.5) is 0 Å². The average Bonchev–Trinajstić information content (AvgIpc) is 2.88. The van der Waals surface area contributed by atoms with Crippen molar-refractivity contribution in [3.63, 3.8) is 0 Å². The molecule has 0 bridgehead atoms. The van der Waals surface area contributed by atoms with Gasteiger partial charge in [0.2, 0.25) is 5.91 Å². The molecule has 0 aromatic heterocycles. The van der Waals surface area contributed by atoms with Crippen LogP contribution >= 0.6 is 0 Å². The van der Waals surface area contributed by atoms with Gasteiger partial charge in [0.15, 0.2) is 0 Å². The molecule has 5 heteroatoms. The van der Waals surface area contributed by atoms with Gasteiger partial charge in [-0.05, 0) is 18.6 Å². The first kappa shape index (κ1) is 14.1. The van der Waals surface area contributed by atoms with Crippen LogP contribution < -0.4 is 10.1 Å². The van der Waals surface area contributed by atoms with Crippen molar-refractivity contribution in [3.05, 3.63) is 42.5 Å². The Balaban J connectivity index is 1.67. The molecule has 0 saturated heterocycles. The lowest BCUT2D eigenvalue weighted by atomic mass is 10.1. The van der Waals surface area contributed by atoms with Crippen molar-refractivity contribution < 1.29 is 19.4 Å². The molecule has 0 radical (unpaired) electrons. The third kappa shape index (κ3) is 4.12. The zero-order chi connectivity index (χ0) is 14.4. The van der Waals surface area contributed by atoms with Gasteiger partial charge in [-0.2, -0.15) is 0 Å². The molecular formula is C15H17NO4. The monoisotopic (exact) mass is 275 g/mol. The van der Waals surface area contributed by atoms with Gasteiger partial charge >= 0.3 is 5.97 Å². The Labute approximate surface area is 117 Å². The summed E-state index contributed by atoms with van der Waals surface area (Å²) in [6.45, 7) is 0.300. The SMILES string of the molecule is O=C(CCOc1ccccc1)NC1C=CC(C(=O)O)C1. The molecule has 0 heterocycles. The predicted octanol–water partition coefficient (Wildman–Crippen LogP) is 1.60. The van der Waals surface area contributed by atoms with Crippen LogP contribution in [0.2, 0.25) is 0 Å². The number of nitrogens with one attached hydrogen (secondary N) is 1. The second-order valence-corrected chi connectivity index (χ2v) is 4.65. The maximum Gasteiger partial charge on any atom is 0.310 e. The van der Waals surface area contributed by atoms with Crippen LogP contribution in [0.1, 0.15) is 12.8 Å². The van der Waals surface area contributed by atoms with E-state index in [9.17, 15) is 9.59 Å². The standard InChI is InChI=1S/C15H17NO4/c17-14(8-9-20-13-4-2-1-3-5-13)16-12-7-6-11(10-12)15(18)19/h1-7,11-12H,8-10H2,(H,16,17)(H,18,19). The molecule has 1 aromatic rings. The molecule has 5 nitrogen and oxygen atoms in total. The first-order chi connectivity index (χ1) is 9.65. The highest BCUT2D eigenvalue weighted by Crippen LogP contribution is 2.18. The van der Waals surface area contributed by atoms with E-state index in [0.717, 1.165) is 5.75 Å². The number of carbonyl (C=O) groups excluding carboxylic acids is 1. The van der Waals surface area contributed by atoms with Gasteiger partial charge in [0.25, 0.3) is 0 Å². The fourth-order valence-corrected chi connectivity index (χ4v) is 2.05. The largest absolute Gasteiger partial charge is 0.493 e. The molecule has 2 rings (SSSR count). The van der Waals surface area contributed by atoms with Gasteiger partial charge in [-0.3, -0.25) is 9.59 Å². The van der Waals surface area contributed by atoms with E-state index in [2.05, 4.69) is 5.32 Å². The van der Waals surface area contributed by atoms with Gasteiger partial charge in [0, 0.05) is 6.04 Å². The highest BCUT2D eigenvalue weighted by atomic mass is 16.5. The van der Waals surface area contributed by atoms with Gasteiger partial charge in [0.1, 0.15) is 5.75 Å². The van der Waals surface area contributed by atoms with Crippen molar-refractivity contribution in [2.45, 2.75) is 18.9 Å². The average molecular weight is 275 g/mol. The van der Waals surface area contributed by atoms with Gasteiger partial charge in [-0.25, -0.2) is 0 Å². The molecule has 1 aromatic carbocycles. The topological polar surface area (TPSA) is 75.6 Å². The third-order valence-electron chi connectivity index (χ3n) is 3.09. The normalized spacial score (nSPS) is 20.6. The molecule has 2 unspecified atom stereocenters. The summed E-state index contributed by atoms with van der Waals surface area (Å²) in [7, 11) is 0. The van der Waals surface area contributed by atoms with Gasteiger partial charge in [0.05, 0.1) is 18.9 Å². The molecule has 2 atom stereocenters. The maximum atomic E-state index is 11.7. The van der Waals surface area contributed by atoms with Gasteiger partial charge in [-0.15, -0.1) is 0 Å². The Hall–Kier alpha value is -2.30. The van der Waals surface area contributed by atoms with E-state index >= 15 is 0 Å². The number of rotatable bonds is 6. The summed E-state index contributed by atoms with van der Waals surface area (Å²) in [6, 6.07) is 9.09. The number of amides is 1. The molecule has 0 saturated carbocycles. The number of carboxylic acid groups (broad SMARTS) is 1. The zero-order valence-electron chi connectivity index (χ0n) is 11.0. The second-order valence-electron chi connectivity index (χ2n) is 4.65.